The number of nitrogens with zero attached hydrogens (tertiary/aromatic N) is 5. The molecule has 9 aromatic rings. The van der Waals surface area contributed by atoms with E-state index in [1.165, 1.54) is 0 Å². The van der Waals surface area contributed by atoms with Gasteiger partial charge in [-0.15, -0.1) is 0 Å². The minimum atomic E-state index is 0.613. The van der Waals surface area contributed by atoms with Crippen molar-refractivity contribution in [1.29, 1.82) is 15.8 Å². The van der Waals surface area contributed by atoms with Crippen molar-refractivity contribution in [3.8, 4) is 51.8 Å². The van der Waals surface area contributed by atoms with Gasteiger partial charge in [-0.3, -0.25) is 0 Å². The van der Waals surface area contributed by atoms with Crippen molar-refractivity contribution < 1.29 is 0 Å². The largest absolute Gasteiger partial charge is 0.309 e. The zero-order valence-corrected chi connectivity index (χ0v) is 26.7. The Hall–Kier alpha value is -7.39. The van der Waals surface area contributed by atoms with Gasteiger partial charge in [-0.2, -0.15) is 15.8 Å². The summed E-state index contributed by atoms with van der Waals surface area (Å²) in [6.45, 7) is 0. The third kappa shape index (κ3) is 4.53. The Bertz CT molecular complexity index is 2960. The van der Waals surface area contributed by atoms with Crippen LogP contribution in [0.1, 0.15) is 16.7 Å². The molecule has 50 heavy (non-hydrogen) atoms. The third-order valence-corrected chi connectivity index (χ3v) is 9.56. The summed E-state index contributed by atoms with van der Waals surface area (Å²) in [6.07, 6.45) is 0. The smallest absolute Gasteiger partial charge is 0.0991 e. The quantitative estimate of drug-likeness (QED) is 0.193. The molecule has 0 aliphatic carbocycles. The van der Waals surface area contributed by atoms with Crippen molar-refractivity contribution in [1.82, 2.24) is 9.13 Å². The molecular formula is C45H25N5. The maximum atomic E-state index is 9.70. The molecule has 0 fully saturated rings. The highest BCUT2D eigenvalue weighted by Gasteiger charge is 2.17. The van der Waals surface area contributed by atoms with Crippen molar-refractivity contribution in [3.05, 3.63) is 168 Å². The molecule has 7 aromatic carbocycles. The van der Waals surface area contributed by atoms with Gasteiger partial charge >= 0.3 is 0 Å². The monoisotopic (exact) mass is 635 g/mol. The zero-order valence-electron chi connectivity index (χ0n) is 26.7. The molecule has 2 heterocycles. The second-order valence-corrected chi connectivity index (χ2v) is 12.4. The topological polar surface area (TPSA) is 81.2 Å². The number of hydrogen-bond acceptors (Lipinski definition) is 3. The van der Waals surface area contributed by atoms with Crippen molar-refractivity contribution in [2.75, 3.05) is 0 Å². The number of benzene rings is 7. The van der Waals surface area contributed by atoms with Crippen LogP contribution in [0, 0.1) is 34.0 Å². The summed E-state index contributed by atoms with van der Waals surface area (Å²) >= 11 is 0. The maximum Gasteiger partial charge on any atom is 0.0991 e. The SMILES string of the molecule is N#Cc1ccc(-c2cc(-c3cccc(-n4c5ccccc5c5cc(C#N)ccc54)c3)cc(-n3c4ccccc4c4cc(C#N)ccc43)c2)cc1. The Balaban J connectivity index is 1.29. The molecule has 0 saturated carbocycles. The van der Waals surface area contributed by atoms with Crippen molar-refractivity contribution >= 4 is 43.6 Å². The molecule has 0 aliphatic rings. The van der Waals surface area contributed by atoms with Gasteiger partial charge in [0.15, 0.2) is 0 Å². The lowest BCUT2D eigenvalue weighted by molar-refractivity contribution is 1.17. The Kier molecular flexibility index (Phi) is 6.56. The Labute approximate surface area is 287 Å². The van der Waals surface area contributed by atoms with Crippen LogP contribution in [0.2, 0.25) is 0 Å². The molecule has 2 aromatic heterocycles. The van der Waals surface area contributed by atoms with Crippen LogP contribution in [0.15, 0.2) is 152 Å². The molecule has 0 unspecified atom stereocenters. The summed E-state index contributed by atoms with van der Waals surface area (Å²) < 4.78 is 4.53. The Morgan fingerprint density at radius 1 is 0.320 bits per heavy atom. The van der Waals surface area contributed by atoms with E-state index in [0.29, 0.717) is 16.7 Å². The summed E-state index contributed by atoms with van der Waals surface area (Å²) in [5, 5.41) is 33.0. The molecule has 0 aliphatic heterocycles. The molecule has 5 heteroatoms. The molecule has 0 spiro atoms. The fraction of sp³-hybridized carbons (Fsp3) is 0. The van der Waals surface area contributed by atoms with Gasteiger partial charge < -0.3 is 9.13 Å². The van der Waals surface area contributed by atoms with Gasteiger partial charge in [0, 0.05) is 32.9 Å². The molecule has 0 saturated heterocycles. The number of fused-ring (bicyclic) bond motifs is 6. The summed E-state index contributed by atoms with van der Waals surface area (Å²) in [5.74, 6) is 0. The van der Waals surface area contributed by atoms with E-state index < -0.39 is 0 Å². The van der Waals surface area contributed by atoms with E-state index in [4.69, 9.17) is 0 Å². The average molecular weight is 636 g/mol. The highest BCUT2D eigenvalue weighted by Crippen LogP contribution is 2.38. The fourth-order valence-electron chi connectivity index (χ4n) is 7.28. The van der Waals surface area contributed by atoms with Crippen LogP contribution in [0.5, 0.6) is 0 Å². The van der Waals surface area contributed by atoms with E-state index in [-0.39, 0.29) is 0 Å². The van der Waals surface area contributed by atoms with Gasteiger partial charge in [-0.25, -0.2) is 0 Å². The van der Waals surface area contributed by atoms with E-state index in [1.807, 2.05) is 84.9 Å². The zero-order chi connectivity index (χ0) is 33.8. The van der Waals surface area contributed by atoms with Gasteiger partial charge in [0.25, 0.3) is 0 Å². The molecule has 9 rings (SSSR count). The van der Waals surface area contributed by atoms with E-state index in [0.717, 1.165) is 77.2 Å². The molecule has 230 valence electrons. The van der Waals surface area contributed by atoms with Gasteiger partial charge in [0.1, 0.15) is 0 Å². The summed E-state index contributed by atoms with van der Waals surface area (Å²) in [7, 11) is 0. The molecule has 0 radical (unpaired) electrons. The third-order valence-electron chi connectivity index (χ3n) is 9.56. The number of nitriles is 3. The van der Waals surface area contributed by atoms with Gasteiger partial charge in [0.05, 0.1) is 57.0 Å². The molecule has 0 bridgehead atoms. The number of rotatable bonds is 4. The van der Waals surface area contributed by atoms with Crippen LogP contribution >= 0.6 is 0 Å². The number of aromatic nitrogens is 2. The Morgan fingerprint density at radius 3 is 1.38 bits per heavy atom. The first-order chi connectivity index (χ1) is 24.6. The van der Waals surface area contributed by atoms with Crippen LogP contribution in [0.25, 0.3) is 77.2 Å². The lowest BCUT2D eigenvalue weighted by Crippen LogP contribution is -1.97. The predicted molar refractivity (Wildman–Crippen MR) is 200 cm³/mol. The van der Waals surface area contributed by atoms with Gasteiger partial charge in [-0.05, 0) is 113 Å². The van der Waals surface area contributed by atoms with E-state index in [2.05, 4.69) is 94.1 Å². The van der Waals surface area contributed by atoms with E-state index in [9.17, 15) is 15.8 Å². The highest BCUT2D eigenvalue weighted by atomic mass is 15.0. The van der Waals surface area contributed by atoms with E-state index in [1.54, 1.807) is 0 Å². The minimum absolute atomic E-state index is 0.613. The van der Waals surface area contributed by atoms with Crippen LogP contribution in [0.3, 0.4) is 0 Å². The van der Waals surface area contributed by atoms with Crippen LogP contribution in [0.4, 0.5) is 0 Å². The first-order valence-electron chi connectivity index (χ1n) is 16.3. The molecule has 0 amide bonds. The summed E-state index contributed by atoms with van der Waals surface area (Å²) in [4.78, 5) is 0. The van der Waals surface area contributed by atoms with Crippen molar-refractivity contribution in [2.45, 2.75) is 0 Å². The Morgan fingerprint density at radius 2 is 0.800 bits per heavy atom. The highest BCUT2D eigenvalue weighted by molar-refractivity contribution is 6.11. The first kappa shape index (κ1) is 28.8. The van der Waals surface area contributed by atoms with E-state index >= 15 is 0 Å². The molecule has 0 N–H and O–H groups in total. The second kappa shape index (κ2) is 11.4. The van der Waals surface area contributed by atoms with Crippen LogP contribution in [-0.2, 0) is 0 Å². The van der Waals surface area contributed by atoms with Crippen molar-refractivity contribution in [2.24, 2.45) is 0 Å². The molecular weight excluding hydrogens is 611 g/mol. The maximum absolute atomic E-state index is 9.70. The number of para-hydroxylation sites is 2. The average Bonchev–Trinajstić information content (AvgIpc) is 3.70. The predicted octanol–water partition coefficient (Wildman–Crippen LogP) is 10.8. The van der Waals surface area contributed by atoms with Crippen molar-refractivity contribution in [3.63, 3.8) is 0 Å². The number of hydrogen-bond donors (Lipinski definition) is 0. The molecule has 0 atom stereocenters. The second-order valence-electron chi connectivity index (χ2n) is 12.4. The van der Waals surface area contributed by atoms with Crippen LogP contribution in [-0.4, -0.2) is 9.13 Å². The standard InChI is InChI=1S/C45H25N5/c46-26-29-12-16-32(17-13-29)34-22-35(25-37(24-34)50-43-11-4-2-9-39(43)41-21-31(28-48)15-19-45(41)50)33-6-5-7-36(23-33)49-42-10-3-1-8-38(42)40-20-30(27-47)14-18-44(40)49/h1-25H. The van der Waals surface area contributed by atoms with Gasteiger partial charge in [-0.1, -0.05) is 60.7 Å². The lowest BCUT2D eigenvalue weighted by atomic mass is 9.97. The van der Waals surface area contributed by atoms with Crippen LogP contribution < -0.4 is 0 Å². The van der Waals surface area contributed by atoms with Gasteiger partial charge in [0.2, 0.25) is 0 Å². The summed E-state index contributed by atoms with van der Waals surface area (Å²) in [5.41, 5.74) is 12.2. The normalized spacial score (nSPS) is 11.1. The minimum Gasteiger partial charge on any atom is -0.309 e. The first-order valence-corrected chi connectivity index (χ1v) is 16.3. The molecule has 5 nitrogen and oxygen atoms in total. The summed E-state index contributed by atoms with van der Waals surface area (Å²) in [6, 6.07) is 58.1. The lowest BCUT2D eigenvalue weighted by Gasteiger charge is -2.15. The fourth-order valence-corrected chi connectivity index (χ4v) is 7.28.